The summed E-state index contributed by atoms with van der Waals surface area (Å²) in [6.45, 7) is 19.4. The van der Waals surface area contributed by atoms with Crippen molar-refractivity contribution in [2.45, 2.75) is 110 Å². The molecule has 0 radical (unpaired) electrons. The van der Waals surface area contributed by atoms with E-state index in [0.29, 0.717) is 6.42 Å². The number of aliphatic hydroxyl groups excluding tert-OH is 1. The van der Waals surface area contributed by atoms with Gasteiger partial charge in [0.2, 0.25) is 0 Å². The maximum atomic E-state index is 14.5. The third kappa shape index (κ3) is 3.50. The van der Waals surface area contributed by atoms with Gasteiger partial charge in [0.15, 0.2) is 13.9 Å². The van der Waals surface area contributed by atoms with Gasteiger partial charge in [0.1, 0.15) is 17.5 Å². The molecule has 1 heterocycles. The van der Waals surface area contributed by atoms with Crippen LogP contribution in [-0.2, 0) is 23.5 Å². The van der Waals surface area contributed by atoms with Crippen LogP contribution in [0.2, 0.25) is 19.6 Å². The molecule has 0 aromatic carbocycles. The SMILES string of the molecule is CC(=O)O[C@@]12CO[C@@H]1C[C@H](C)[C@@]1(C)C(=O)[C@H](C)C3=C(C)[C@@H](O[Si](C)(C)C)C[C@@](O)([C@@H](O)C12)C3(C)C. The fourth-order valence-electron chi connectivity index (χ4n) is 8.11. The maximum absolute atomic E-state index is 14.5. The Morgan fingerprint density at radius 1 is 1.17 bits per heavy atom. The van der Waals surface area contributed by atoms with Crippen molar-refractivity contribution in [2.75, 3.05) is 6.61 Å². The van der Waals surface area contributed by atoms with Crippen LogP contribution in [0, 0.1) is 28.6 Å². The highest BCUT2D eigenvalue weighted by Gasteiger charge is 2.75. The van der Waals surface area contributed by atoms with E-state index in [2.05, 4.69) is 19.6 Å². The van der Waals surface area contributed by atoms with Crippen LogP contribution in [0.15, 0.2) is 11.1 Å². The van der Waals surface area contributed by atoms with Crippen molar-refractivity contribution in [3.63, 3.8) is 0 Å². The van der Waals surface area contributed by atoms with E-state index >= 15 is 0 Å². The topological polar surface area (TPSA) is 102 Å². The molecule has 2 saturated carbocycles. The highest BCUT2D eigenvalue weighted by atomic mass is 28.4. The van der Waals surface area contributed by atoms with Gasteiger partial charge >= 0.3 is 5.97 Å². The summed E-state index contributed by atoms with van der Waals surface area (Å²) in [7, 11) is -2.02. The molecule has 1 saturated heterocycles. The van der Waals surface area contributed by atoms with Crippen molar-refractivity contribution in [3.8, 4) is 0 Å². The van der Waals surface area contributed by atoms with Crippen LogP contribution >= 0.6 is 0 Å². The Bertz CT molecular complexity index is 967. The van der Waals surface area contributed by atoms with Gasteiger partial charge in [-0.2, -0.15) is 0 Å². The number of hydrogen-bond acceptors (Lipinski definition) is 7. The van der Waals surface area contributed by atoms with Crippen LogP contribution in [0.4, 0.5) is 0 Å². The first-order valence-electron chi connectivity index (χ1n) is 13.0. The molecular weight excluding hydrogens is 464 g/mol. The second kappa shape index (κ2) is 7.97. The zero-order valence-electron chi connectivity index (χ0n) is 23.0. The van der Waals surface area contributed by atoms with E-state index in [1.54, 1.807) is 0 Å². The molecule has 3 aliphatic carbocycles. The lowest BCUT2D eigenvalue weighted by Gasteiger charge is -2.68. The van der Waals surface area contributed by atoms with Crippen molar-refractivity contribution in [3.05, 3.63) is 11.1 Å². The van der Waals surface area contributed by atoms with Crippen LogP contribution in [0.5, 0.6) is 0 Å². The number of ether oxygens (including phenoxy) is 2. The molecule has 7 nitrogen and oxygen atoms in total. The van der Waals surface area contributed by atoms with E-state index in [1.807, 2.05) is 41.5 Å². The second-order valence-electron chi connectivity index (χ2n) is 13.3. The first kappa shape index (κ1) is 27.0. The van der Waals surface area contributed by atoms with E-state index in [9.17, 15) is 19.8 Å². The fourth-order valence-corrected chi connectivity index (χ4v) is 9.23. The molecule has 4 aliphatic rings. The quantitative estimate of drug-likeness (QED) is 0.341. The predicted octanol–water partition coefficient (Wildman–Crippen LogP) is 3.63. The molecule has 2 bridgehead atoms. The number of fused-ring (bicyclic) bond motifs is 5. The molecule has 0 aromatic rings. The average molecular weight is 509 g/mol. The number of esters is 1. The Hall–Kier alpha value is -1.06. The van der Waals surface area contributed by atoms with Crippen molar-refractivity contribution in [1.29, 1.82) is 0 Å². The molecule has 4 rings (SSSR count). The number of rotatable bonds is 3. The number of carbonyl (C=O) groups excluding carboxylic acids is 2. The van der Waals surface area contributed by atoms with Crippen LogP contribution in [0.25, 0.3) is 0 Å². The molecule has 9 atom stereocenters. The summed E-state index contributed by atoms with van der Waals surface area (Å²) in [5, 5.41) is 24.9. The summed E-state index contributed by atoms with van der Waals surface area (Å²) in [5.41, 5.74) is -2.82. The summed E-state index contributed by atoms with van der Waals surface area (Å²) < 4.78 is 18.4. The minimum atomic E-state index is -2.02. The Morgan fingerprint density at radius 3 is 2.26 bits per heavy atom. The highest BCUT2D eigenvalue weighted by molar-refractivity contribution is 6.69. The summed E-state index contributed by atoms with van der Waals surface area (Å²) in [6.07, 6.45) is -1.39. The van der Waals surface area contributed by atoms with E-state index in [0.717, 1.165) is 11.1 Å². The Balaban J connectivity index is 1.99. The van der Waals surface area contributed by atoms with Gasteiger partial charge in [-0.1, -0.05) is 34.6 Å². The molecule has 1 aliphatic heterocycles. The first-order valence-corrected chi connectivity index (χ1v) is 16.4. The molecule has 198 valence electrons. The largest absolute Gasteiger partial charge is 0.454 e. The number of hydrogen-bond donors (Lipinski definition) is 2. The summed E-state index contributed by atoms with van der Waals surface area (Å²) in [5.74, 6) is -1.89. The minimum Gasteiger partial charge on any atom is -0.454 e. The van der Waals surface area contributed by atoms with Crippen molar-refractivity contribution < 1.29 is 33.7 Å². The van der Waals surface area contributed by atoms with Crippen LogP contribution < -0.4 is 0 Å². The van der Waals surface area contributed by atoms with Crippen molar-refractivity contribution in [2.24, 2.45) is 28.6 Å². The number of ketones is 1. The van der Waals surface area contributed by atoms with Gasteiger partial charge in [-0.25, -0.2) is 0 Å². The molecule has 0 spiro atoms. The lowest BCUT2D eigenvalue weighted by Crippen LogP contribution is -2.80. The molecule has 0 amide bonds. The second-order valence-corrected chi connectivity index (χ2v) is 17.8. The average Bonchev–Trinajstić information content (AvgIpc) is 2.70. The summed E-state index contributed by atoms with van der Waals surface area (Å²) in [4.78, 5) is 26.8. The zero-order valence-corrected chi connectivity index (χ0v) is 24.0. The molecule has 3 fully saturated rings. The fraction of sp³-hybridized carbons (Fsp3) is 0.852. The minimum absolute atomic E-state index is 0.0176. The maximum Gasteiger partial charge on any atom is 0.303 e. The molecular formula is C27H44O7Si. The van der Waals surface area contributed by atoms with Crippen molar-refractivity contribution >= 4 is 20.1 Å². The number of Topliss-reactive ketones (excluding diaryl/α,β-unsaturated/α-hetero) is 1. The predicted molar refractivity (Wildman–Crippen MR) is 134 cm³/mol. The standard InChI is InChI=1S/C27H44O7Si/c1-14-11-19-26(13-32-19,33-17(4)28)21-23(30)27(31)12-18(34-35(8,9)10)15(2)20(24(27,5)6)16(3)22(29)25(14,21)7/h14,16,18-19,21,23,30-31H,11-13H2,1-10H3/t14-,16+,18-,19+,21?,23-,25+,26-,27+/m0/s1. The van der Waals surface area contributed by atoms with Gasteiger partial charge in [-0.3, -0.25) is 9.59 Å². The normalized spacial score (nSPS) is 47.1. The number of carbonyl (C=O) groups is 2. The summed E-state index contributed by atoms with van der Waals surface area (Å²) in [6, 6.07) is 0. The number of aliphatic hydroxyl groups is 2. The van der Waals surface area contributed by atoms with Crippen molar-refractivity contribution in [1.82, 2.24) is 0 Å². The van der Waals surface area contributed by atoms with E-state index < -0.39 is 66.5 Å². The van der Waals surface area contributed by atoms with E-state index in [1.165, 1.54) is 6.92 Å². The Kier molecular flexibility index (Phi) is 6.14. The lowest BCUT2D eigenvalue weighted by molar-refractivity contribution is -0.340. The molecule has 2 N–H and O–H groups in total. The molecule has 8 heteroatoms. The monoisotopic (exact) mass is 508 g/mol. The molecule has 1 unspecified atom stereocenters. The first-order chi connectivity index (χ1) is 15.8. The van der Waals surface area contributed by atoms with Gasteiger partial charge < -0.3 is 24.1 Å². The van der Waals surface area contributed by atoms with Crippen LogP contribution in [-0.4, -0.2) is 66.4 Å². The zero-order chi connectivity index (χ0) is 26.5. The van der Waals surface area contributed by atoms with E-state index in [4.69, 9.17) is 13.9 Å². The van der Waals surface area contributed by atoms with Gasteiger partial charge in [-0.15, -0.1) is 0 Å². The summed E-state index contributed by atoms with van der Waals surface area (Å²) >= 11 is 0. The third-order valence-electron chi connectivity index (χ3n) is 9.97. The molecule has 0 aromatic heterocycles. The van der Waals surface area contributed by atoms with Gasteiger partial charge in [0.05, 0.1) is 18.8 Å². The molecule has 35 heavy (non-hydrogen) atoms. The smallest absolute Gasteiger partial charge is 0.303 e. The van der Waals surface area contributed by atoms with Crippen LogP contribution in [0.3, 0.4) is 0 Å². The van der Waals surface area contributed by atoms with Crippen LogP contribution in [0.1, 0.15) is 61.3 Å². The highest BCUT2D eigenvalue weighted by Crippen LogP contribution is 2.65. The van der Waals surface area contributed by atoms with Gasteiger partial charge in [-0.05, 0) is 50.0 Å². The van der Waals surface area contributed by atoms with Gasteiger partial charge in [0.25, 0.3) is 0 Å². The third-order valence-corrected chi connectivity index (χ3v) is 11.0. The Labute approximate surface area is 210 Å². The lowest BCUT2D eigenvalue weighted by atomic mass is 9.42. The Morgan fingerprint density at radius 2 is 1.77 bits per heavy atom. The van der Waals surface area contributed by atoms with Gasteiger partial charge in [0, 0.05) is 36.0 Å². The van der Waals surface area contributed by atoms with E-state index in [-0.39, 0.29) is 24.7 Å².